The van der Waals surface area contributed by atoms with E-state index < -0.39 is 7.92 Å². The van der Waals surface area contributed by atoms with Crippen molar-refractivity contribution in [2.75, 3.05) is 0 Å². The molecule has 4 rings (SSSR count). The van der Waals surface area contributed by atoms with Crippen LogP contribution in [-0.4, -0.2) is 6.21 Å². The highest BCUT2D eigenvalue weighted by molar-refractivity contribution is 7.80. The maximum atomic E-state index is 4.83. The summed E-state index contributed by atoms with van der Waals surface area (Å²) in [5.41, 5.74) is 4.66. The van der Waals surface area contributed by atoms with E-state index in [2.05, 4.69) is 117 Å². The molecule has 0 fully saturated rings. The Hall–Kier alpha value is -3.02. The summed E-state index contributed by atoms with van der Waals surface area (Å²) in [6.45, 7) is 4.23. The van der Waals surface area contributed by atoms with E-state index in [9.17, 15) is 0 Å². The van der Waals surface area contributed by atoms with Gasteiger partial charge < -0.3 is 0 Å². The van der Waals surface area contributed by atoms with E-state index >= 15 is 0 Å². The lowest BCUT2D eigenvalue weighted by Crippen LogP contribution is -2.23. The fourth-order valence-corrected chi connectivity index (χ4v) is 5.89. The van der Waals surface area contributed by atoms with Crippen molar-refractivity contribution in [1.29, 1.82) is 0 Å². The molecule has 4 aromatic rings. The fourth-order valence-electron chi connectivity index (χ4n) is 3.47. The molecule has 0 saturated heterocycles. The summed E-state index contributed by atoms with van der Waals surface area (Å²) in [6.07, 6.45) is 2.02. The summed E-state index contributed by atoms with van der Waals surface area (Å²) in [4.78, 5) is 4.83. The number of benzene rings is 4. The largest absolute Gasteiger partial charge is 0.256 e. The number of aryl methyl sites for hydroxylation is 2. The minimum Gasteiger partial charge on any atom is -0.256 e. The molecule has 0 aliphatic heterocycles. The highest BCUT2D eigenvalue weighted by Gasteiger charge is 2.18. The first-order chi connectivity index (χ1) is 14.2. The van der Waals surface area contributed by atoms with Gasteiger partial charge >= 0.3 is 0 Å². The van der Waals surface area contributed by atoms with Gasteiger partial charge in [-0.1, -0.05) is 103 Å². The summed E-state index contributed by atoms with van der Waals surface area (Å²) in [7, 11) is -0.651. The number of nitrogens with zero attached hydrogens (tertiary/aromatic N) is 1. The first-order valence-electron chi connectivity index (χ1n) is 9.83. The molecule has 0 N–H and O–H groups in total. The molecule has 29 heavy (non-hydrogen) atoms. The van der Waals surface area contributed by atoms with Crippen LogP contribution in [0.4, 0.5) is 5.69 Å². The molecule has 2 heteroatoms. The standard InChI is InChI=1S/C27H24NP/c1-21-17-18-26(22(2)19-21)28-20-23-11-9-10-16-27(23)29(24-12-5-3-6-13-24)25-14-7-4-8-15-25/h3-20H,1-2H3. The van der Waals surface area contributed by atoms with Crippen LogP contribution in [-0.2, 0) is 0 Å². The number of hydrogen-bond donors (Lipinski definition) is 0. The van der Waals surface area contributed by atoms with Crippen LogP contribution in [0.2, 0.25) is 0 Å². The van der Waals surface area contributed by atoms with Crippen molar-refractivity contribution in [2.24, 2.45) is 4.99 Å². The molecule has 0 heterocycles. The topological polar surface area (TPSA) is 12.4 Å². The zero-order valence-electron chi connectivity index (χ0n) is 16.8. The minimum atomic E-state index is -0.651. The summed E-state index contributed by atoms with van der Waals surface area (Å²) < 4.78 is 0. The molecule has 0 aliphatic carbocycles. The van der Waals surface area contributed by atoms with Crippen molar-refractivity contribution in [3.63, 3.8) is 0 Å². The molecule has 4 aromatic carbocycles. The van der Waals surface area contributed by atoms with Gasteiger partial charge in [-0.25, -0.2) is 0 Å². The Balaban J connectivity index is 1.80. The SMILES string of the molecule is Cc1ccc(N=Cc2ccccc2P(c2ccccc2)c2ccccc2)c(C)c1. The molecule has 0 radical (unpaired) electrons. The van der Waals surface area contributed by atoms with Gasteiger partial charge in [0.2, 0.25) is 0 Å². The molecular weight excluding hydrogens is 369 g/mol. The Bertz CT molecular complexity index is 1080. The van der Waals surface area contributed by atoms with E-state index in [-0.39, 0.29) is 0 Å². The van der Waals surface area contributed by atoms with Gasteiger partial charge in [0.05, 0.1) is 5.69 Å². The molecule has 0 aromatic heterocycles. The molecular formula is C27H24NP. The van der Waals surface area contributed by atoms with Gasteiger partial charge in [0.25, 0.3) is 0 Å². The van der Waals surface area contributed by atoms with Gasteiger partial charge in [0.15, 0.2) is 0 Å². The molecule has 1 nitrogen and oxygen atoms in total. The van der Waals surface area contributed by atoms with Crippen LogP contribution >= 0.6 is 7.92 Å². The Labute approximate surface area is 174 Å². The van der Waals surface area contributed by atoms with E-state index in [0.29, 0.717) is 0 Å². The lowest BCUT2D eigenvalue weighted by atomic mass is 10.1. The zero-order valence-corrected chi connectivity index (χ0v) is 17.7. The summed E-state index contributed by atoms with van der Waals surface area (Å²) in [6, 6.07) is 36.6. The Morgan fingerprint density at radius 1 is 0.655 bits per heavy atom. The van der Waals surface area contributed by atoms with Gasteiger partial charge in [0, 0.05) is 11.8 Å². The average molecular weight is 393 g/mol. The highest BCUT2D eigenvalue weighted by Crippen LogP contribution is 2.33. The molecule has 0 spiro atoms. The summed E-state index contributed by atoms with van der Waals surface area (Å²) in [5.74, 6) is 0. The predicted octanol–water partition coefficient (Wildman–Crippen LogP) is 5.81. The van der Waals surface area contributed by atoms with Crippen LogP contribution in [0.5, 0.6) is 0 Å². The molecule has 0 unspecified atom stereocenters. The Kier molecular flexibility index (Phi) is 5.98. The third-order valence-corrected chi connectivity index (χ3v) is 7.42. The van der Waals surface area contributed by atoms with Crippen LogP contribution < -0.4 is 15.9 Å². The predicted molar refractivity (Wildman–Crippen MR) is 128 cm³/mol. The van der Waals surface area contributed by atoms with E-state index in [0.717, 1.165) is 5.69 Å². The highest BCUT2D eigenvalue weighted by atomic mass is 31.1. The van der Waals surface area contributed by atoms with E-state index in [1.54, 1.807) is 0 Å². The molecule has 0 saturated carbocycles. The van der Waals surface area contributed by atoms with Crippen LogP contribution in [0, 0.1) is 13.8 Å². The van der Waals surface area contributed by atoms with Crippen molar-refractivity contribution < 1.29 is 0 Å². The van der Waals surface area contributed by atoms with Crippen LogP contribution in [0.1, 0.15) is 16.7 Å². The maximum Gasteiger partial charge on any atom is 0.0659 e. The lowest BCUT2D eigenvalue weighted by molar-refractivity contribution is 1.35. The van der Waals surface area contributed by atoms with Gasteiger partial charge in [-0.2, -0.15) is 0 Å². The monoisotopic (exact) mass is 393 g/mol. The third kappa shape index (κ3) is 4.53. The first-order valence-corrected chi connectivity index (χ1v) is 11.2. The van der Waals surface area contributed by atoms with Crippen molar-refractivity contribution in [2.45, 2.75) is 13.8 Å². The number of aliphatic imine (C=N–C) groups is 1. The molecule has 0 atom stereocenters. The molecule has 0 aliphatic rings. The Morgan fingerprint density at radius 2 is 1.24 bits per heavy atom. The average Bonchev–Trinajstić information content (AvgIpc) is 2.76. The quantitative estimate of drug-likeness (QED) is 0.300. The molecule has 0 bridgehead atoms. The van der Waals surface area contributed by atoms with Gasteiger partial charge in [-0.05, 0) is 49.3 Å². The second-order valence-electron chi connectivity index (χ2n) is 7.11. The number of rotatable bonds is 5. The fraction of sp³-hybridized carbons (Fsp3) is 0.0741. The van der Waals surface area contributed by atoms with Crippen molar-refractivity contribution in [1.82, 2.24) is 0 Å². The second-order valence-corrected chi connectivity index (χ2v) is 9.30. The van der Waals surface area contributed by atoms with Crippen LogP contribution in [0.15, 0.2) is 108 Å². The van der Waals surface area contributed by atoms with Crippen LogP contribution in [0.3, 0.4) is 0 Å². The van der Waals surface area contributed by atoms with E-state index in [1.165, 1.54) is 32.6 Å². The molecule has 142 valence electrons. The van der Waals surface area contributed by atoms with Gasteiger partial charge in [0.1, 0.15) is 0 Å². The molecule has 0 amide bonds. The second kappa shape index (κ2) is 8.99. The zero-order chi connectivity index (χ0) is 20.1. The summed E-state index contributed by atoms with van der Waals surface area (Å²) >= 11 is 0. The smallest absolute Gasteiger partial charge is 0.0659 e. The normalized spacial score (nSPS) is 11.3. The van der Waals surface area contributed by atoms with Crippen molar-refractivity contribution in [3.8, 4) is 0 Å². The third-order valence-electron chi connectivity index (χ3n) is 4.90. The van der Waals surface area contributed by atoms with E-state index in [1.807, 2.05) is 6.21 Å². The maximum absolute atomic E-state index is 4.83. The Morgan fingerprint density at radius 3 is 1.86 bits per heavy atom. The van der Waals surface area contributed by atoms with Gasteiger partial charge in [-0.15, -0.1) is 0 Å². The van der Waals surface area contributed by atoms with Crippen LogP contribution in [0.25, 0.3) is 0 Å². The lowest BCUT2D eigenvalue weighted by Gasteiger charge is -2.21. The minimum absolute atomic E-state index is 0.651. The van der Waals surface area contributed by atoms with Gasteiger partial charge in [-0.3, -0.25) is 4.99 Å². The number of hydrogen-bond acceptors (Lipinski definition) is 1. The van der Waals surface area contributed by atoms with Crippen molar-refractivity contribution >= 4 is 35.7 Å². The van der Waals surface area contributed by atoms with Crippen molar-refractivity contribution in [3.05, 3.63) is 120 Å². The summed E-state index contributed by atoms with van der Waals surface area (Å²) in [5, 5.41) is 4.02. The van der Waals surface area contributed by atoms with E-state index in [4.69, 9.17) is 4.99 Å². The first kappa shape index (κ1) is 19.3.